The lowest BCUT2D eigenvalue weighted by Crippen LogP contribution is -2.34. The molecule has 1 aromatic rings. The number of carbonyl (C=O) groups is 2. The number of nitrogens with one attached hydrogen (secondary N) is 1. The predicted octanol–water partition coefficient (Wildman–Crippen LogP) is 3.05. The van der Waals surface area contributed by atoms with Crippen LogP contribution in [0, 0.1) is 11.8 Å². The van der Waals surface area contributed by atoms with Crippen LogP contribution >= 0.6 is 15.9 Å². The van der Waals surface area contributed by atoms with E-state index in [4.69, 9.17) is 5.11 Å². The van der Waals surface area contributed by atoms with Gasteiger partial charge in [-0.1, -0.05) is 24.3 Å². The topological polar surface area (TPSA) is 66.4 Å². The Hall–Kier alpha value is -1.62. The highest BCUT2D eigenvalue weighted by Crippen LogP contribution is 2.28. The number of amides is 1. The second kappa shape index (κ2) is 6.02. The van der Waals surface area contributed by atoms with Crippen molar-refractivity contribution >= 4 is 33.5 Å². The maximum atomic E-state index is 12.2. The van der Waals surface area contributed by atoms with Crippen molar-refractivity contribution in [3.63, 3.8) is 0 Å². The zero-order valence-electron chi connectivity index (χ0n) is 10.2. The van der Waals surface area contributed by atoms with Crippen LogP contribution in [0.5, 0.6) is 0 Å². The Balaban J connectivity index is 2.13. The number of rotatable bonds is 3. The molecule has 2 rings (SSSR count). The van der Waals surface area contributed by atoms with Gasteiger partial charge >= 0.3 is 5.97 Å². The van der Waals surface area contributed by atoms with Gasteiger partial charge in [-0.3, -0.25) is 9.59 Å². The highest BCUT2D eigenvalue weighted by Gasteiger charge is 2.34. The minimum Gasteiger partial charge on any atom is -0.481 e. The van der Waals surface area contributed by atoms with Crippen LogP contribution in [0.2, 0.25) is 0 Å². The molecule has 2 unspecified atom stereocenters. The monoisotopic (exact) mass is 323 g/mol. The summed E-state index contributed by atoms with van der Waals surface area (Å²) in [4.78, 5) is 23.4. The molecule has 0 saturated heterocycles. The zero-order chi connectivity index (χ0) is 13.8. The Morgan fingerprint density at radius 2 is 1.79 bits per heavy atom. The number of benzene rings is 1. The van der Waals surface area contributed by atoms with Crippen molar-refractivity contribution in [3.8, 4) is 0 Å². The molecule has 1 aromatic carbocycles. The summed E-state index contributed by atoms with van der Waals surface area (Å²) in [5.74, 6) is -2.33. The summed E-state index contributed by atoms with van der Waals surface area (Å²) in [7, 11) is 0. The highest BCUT2D eigenvalue weighted by molar-refractivity contribution is 9.10. The molecule has 2 atom stereocenters. The molecule has 0 aliphatic heterocycles. The molecule has 0 aromatic heterocycles. The summed E-state index contributed by atoms with van der Waals surface area (Å²) >= 11 is 3.35. The first kappa shape index (κ1) is 13.8. The van der Waals surface area contributed by atoms with Gasteiger partial charge < -0.3 is 10.4 Å². The Morgan fingerprint density at radius 3 is 2.42 bits per heavy atom. The first-order chi connectivity index (χ1) is 9.09. The molecule has 0 spiro atoms. The molecular weight excluding hydrogens is 310 g/mol. The summed E-state index contributed by atoms with van der Waals surface area (Å²) in [6, 6.07) is 7.26. The third-order valence-corrected chi connectivity index (χ3v) is 3.91. The van der Waals surface area contributed by atoms with Gasteiger partial charge in [0, 0.05) is 4.47 Å². The fraction of sp³-hybridized carbons (Fsp3) is 0.286. The standard InChI is InChI=1S/C14H14BrNO3/c15-11-7-3-4-8-12(11)16-13(17)9-5-1-2-6-10(9)14(18)19/h1-4,7-10H,5-6H2,(H,16,17)(H,18,19). The number of hydrogen-bond donors (Lipinski definition) is 2. The molecule has 1 aliphatic carbocycles. The molecule has 1 aliphatic rings. The summed E-state index contributed by atoms with van der Waals surface area (Å²) < 4.78 is 0.779. The molecule has 0 saturated carbocycles. The van der Waals surface area contributed by atoms with E-state index < -0.39 is 17.8 Å². The number of carboxylic acids is 1. The first-order valence-electron chi connectivity index (χ1n) is 6.03. The van der Waals surface area contributed by atoms with Crippen LogP contribution in [0.15, 0.2) is 40.9 Å². The van der Waals surface area contributed by atoms with Crippen molar-refractivity contribution in [1.82, 2.24) is 0 Å². The van der Waals surface area contributed by atoms with Crippen molar-refractivity contribution in [2.24, 2.45) is 11.8 Å². The predicted molar refractivity (Wildman–Crippen MR) is 75.8 cm³/mol. The number of carboxylic acid groups (broad SMARTS) is 1. The molecule has 2 N–H and O–H groups in total. The Morgan fingerprint density at radius 1 is 1.16 bits per heavy atom. The molecule has 0 heterocycles. The van der Waals surface area contributed by atoms with Crippen molar-refractivity contribution in [1.29, 1.82) is 0 Å². The molecule has 0 bridgehead atoms. The Labute approximate surface area is 119 Å². The normalized spacial score (nSPS) is 21.9. The smallest absolute Gasteiger partial charge is 0.307 e. The van der Waals surface area contributed by atoms with E-state index in [1.54, 1.807) is 6.07 Å². The minimum atomic E-state index is -0.920. The fourth-order valence-corrected chi connectivity index (χ4v) is 2.55. The molecule has 4 nitrogen and oxygen atoms in total. The van der Waals surface area contributed by atoms with Crippen LogP contribution in [0.1, 0.15) is 12.8 Å². The Kier molecular flexibility index (Phi) is 4.37. The second-order valence-electron chi connectivity index (χ2n) is 4.46. The van der Waals surface area contributed by atoms with Crippen molar-refractivity contribution in [3.05, 3.63) is 40.9 Å². The number of halogens is 1. The molecule has 19 heavy (non-hydrogen) atoms. The van der Waals surface area contributed by atoms with Crippen LogP contribution in [0.4, 0.5) is 5.69 Å². The Bertz CT molecular complexity index is 527. The summed E-state index contributed by atoms with van der Waals surface area (Å²) in [5.41, 5.74) is 0.659. The fourth-order valence-electron chi connectivity index (χ4n) is 2.16. The number of carbonyl (C=O) groups excluding carboxylic acids is 1. The lowest BCUT2D eigenvalue weighted by Gasteiger charge is -2.24. The van der Waals surface area contributed by atoms with Gasteiger partial charge in [-0.05, 0) is 40.9 Å². The average Bonchev–Trinajstić information content (AvgIpc) is 2.41. The summed E-state index contributed by atoms with van der Waals surface area (Å²) in [6.45, 7) is 0. The van der Waals surface area contributed by atoms with Crippen LogP contribution < -0.4 is 5.32 Å². The SMILES string of the molecule is O=C(O)C1CC=CCC1C(=O)Nc1ccccc1Br. The van der Waals surface area contributed by atoms with E-state index in [0.717, 1.165) is 4.47 Å². The summed E-state index contributed by atoms with van der Waals surface area (Å²) in [5, 5.41) is 11.9. The molecule has 5 heteroatoms. The second-order valence-corrected chi connectivity index (χ2v) is 5.32. The quantitative estimate of drug-likeness (QED) is 0.840. The van der Waals surface area contributed by atoms with Crippen LogP contribution in [0.25, 0.3) is 0 Å². The lowest BCUT2D eigenvalue weighted by molar-refractivity contribution is -0.146. The van der Waals surface area contributed by atoms with Gasteiger partial charge in [0.2, 0.25) is 5.91 Å². The van der Waals surface area contributed by atoms with E-state index in [-0.39, 0.29) is 5.91 Å². The van der Waals surface area contributed by atoms with Crippen molar-refractivity contribution in [2.45, 2.75) is 12.8 Å². The van der Waals surface area contributed by atoms with Crippen LogP contribution in [-0.2, 0) is 9.59 Å². The highest BCUT2D eigenvalue weighted by atomic mass is 79.9. The third kappa shape index (κ3) is 3.23. The number of allylic oxidation sites excluding steroid dienone is 2. The van der Waals surface area contributed by atoms with E-state index in [1.807, 2.05) is 30.4 Å². The van der Waals surface area contributed by atoms with Crippen molar-refractivity contribution < 1.29 is 14.7 Å². The van der Waals surface area contributed by atoms with Gasteiger partial charge in [0.1, 0.15) is 0 Å². The minimum absolute atomic E-state index is 0.247. The van der Waals surface area contributed by atoms with E-state index >= 15 is 0 Å². The van der Waals surface area contributed by atoms with E-state index in [0.29, 0.717) is 18.5 Å². The number of para-hydroxylation sites is 1. The van der Waals surface area contributed by atoms with Crippen LogP contribution in [-0.4, -0.2) is 17.0 Å². The zero-order valence-corrected chi connectivity index (χ0v) is 11.8. The lowest BCUT2D eigenvalue weighted by atomic mass is 9.82. The van der Waals surface area contributed by atoms with Crippen molar-refractivity contribution in [2.75, 3.05) is 5.32 Å². The third-order valence-electron chi connectivity index (χ3n) is 3.22. The van der Waals surface area contributed by atoms with E-state index in [1.165, 1.54) is 0 Å². The van der Waals surface area contributed by atoms with E-state index in [2.05, 4.69) is 21.2 Å². The first-order valence-corrected chi connectivity index (χ1v) is 6.82. The average molecular weight is 324 g/mol. The molecule has 0 radical (unpaired) electrons. The molecule has 100 valence electrons. The molecule has 1 amide bonds. The van der Waals surface area contributed by atoms with E-state index in [9.17, 15) is 9.59 Å². The summed E-state index contributed by atoms with van der Waals surface area (Å²) in [6.07, 6.45) is 4.56. The van der Waals surface area contributed by atoms with Crippen LogP contribution in [0.3, 0.4) is 0 Å². The van der Waals surface area contributed by atoms with Gasteiger partial charge in [-0.25, -0.2) is 0 Å². The number of hydrogen-bond acceptors (Lipinski definition) is 2. The molecular formula is C14H14BrNO3. The van der Waals surface area contributed by atoms with Gasteiger partial charge in [-0.15, -0.1) is 0 Å². The number of anilines is 1. The molecule has 0 fully saturated rings. The van der Waals surface area contributed by atoms with Gasteiger partial charge in [0.15, 0.2) is 0 Å². The van der Waals surface area contributed by atoms with Gasteiger partial charge in [0.05, 0.1) is 17.5 Å². The maximum absolute atomic E-state index is 12.2. The largest absolute Gasteiger partial charge is 0.481 e. The van der Waals surface area contributed by atoms with Gasteiger partial charge in [-0.2, -0.15) is 0 Å². The maximum Gasteiger partial charge on any atom is 0.307 e. The van der Waals surface area contributed by atoms with Gasteiger partial charge in [0.25, 0.3) is 0 Å². The number of aliphatic carboxylic acids is 1.